The molecule has 4 nitrogen and oxygen atoms in total. The molecule has 0 saturated heterocycles. The highest BCUT2D eigenvalue weighted by atomic mass is 32.1. The van der Waals surface area contributed by atoms with Gasteiger partial charge in [0, 0.05) is 6.54 Å². The fourth-order valence-electron chi connectivity index (χ4n) is 2.82. The number of aromatic nitrogens is 1. The SMILES string of the molecule is CCn1c(=NC(=O)Cc2cccc(OC)c2)sc2cc(C)c(C)cc21. The Labute approximate surface area is 151 Å². The summed E-state index contributed by atoms with van der Waals surface area (Å²) in [5.41, 5.74) is 4.56. The van der Waals surface area contributed by atoms with Crippen molar-refractivity contribution in [1.29, 1.82) is 0 Å². The van der Waals surface area contributed by atoms with E-state index in [0.717, 1.165) is 32.9 Å². The van der Waals surface area contributed by atoms with Crippen molar-refractivity contribution in [3.8, 4) is 5.75 Å². The number of methoxy groups -OCH3 is 1. The summed E-state index contributed by atoms with van der Waals surface area (Å²) in [6.07, 6.45) is 0.271. The van der Waals surface area contributed by atoms with Gasteiger partial charge in [-0.2, -0.15) is 4.99 Å². The maximum atomic E-state index is 12.4. The number of hydrogen-bond donors (Lipinski definition) is 0. The Hall–Kier alpha value is -2.40. The standard InChI is InChI=1S/C20H22N2O2S/c1-5-22-17-9-13(2)14(3)10-18(17)25-20(22)21-19(23)12-15-7-6-8-16(11-15)24-4/h6-11H,5,12H2,1-4H3. The van der Waals surface area contributed by atoms with Crippen LogP contribution in [0.1, 0.15) is 23.6 Å². The van der Waals surface area contributed by atoms with E-state index in [9.17, 15) is 4.79 Å². The third-order valence-corrected chi connectivity index (χ3v) is 5.37. The molecule has 0 fully saturated rings. The van der Waals surface area contributed by atoms with E-state index >= 15 is 0 Å². The van der Waals surface area contributed by atoms with Gasteiger partial charge in [-0.05, 0) is 61.7 Å². The first-order chi connectivity index (χ1) is 12.0. The Morgan fingerprint density at radius 3 is 2.68 bits per heavy atom. The molecule has 0 radical (unpaired) electrons. The Morgan fingerprint density at radius 2 is 1.96 bits per heavy atom. The van der Waals surface area contributed by atoms with Gasteiger partial charge in [-0.1, -0.05) is 23.5 Å². The van der Waals surface area contributed by atoms with Gasteiger partial charge in [0.15, 0.2) is 4.80 Å². The van der Waals surface area contributed by atoms with Crippen molar-refractivity contribution < 1.29 is 9.53 Å². The largest absolute Gasteiger partial charge is 0.497 e. The minimum absolute atomic E-state index is 0.143. The van der Waals surface area contributed by atoms with Gasteiger partial charge in [-0.3, -0.25) is 4.79 Å². The topological polar surface area (TPSA) is 43.6 Å². The van der Waals surface area contributed by atoms with Crippen LogP contribution in [0.5, 0.6) is 5.75 Å². The predicted octanol–water partition coefficient (Wildman–Crippen LogP) is 4.02. The van der Waals surface area contributed by atoms with Crippen LogP contribution in [0, 0.1) is 13.8 Å². The summed E-state index contributed by atoms with van der Waals surface area (Å²) >= 11 is 1.57. The third-order valence-electron chi connectivity index (χ3n) is 4.32. The Bertz CT molecular complexity index is 999. The first-order valence-electron chi connectivity index (χ1n) is 8.33. The molecule has 1 heterocycles. The molecule has 1 aromatic heterocycles. The molecule has 0 aliphatic rings. The summed E-state index contributed by atoms with van der Waals surface area (Å²) in [7, 11) is 1.62. The summed E-state index contributed by atoms with van der Waals surface area (Å²) in [4.78, 5) is 17.6. The molecule has 130 valence electrons. The van der Waals surface area contributed by atoms with Crippen molar-refractivity contribution in [3.63, 3.8) is 0 Å². The maximum Gasteiger partial charge on any atom is 0.252 e. The quantitative estimate of drug-likeness (QED) is 0.710. The van der Waals surface area contributed by atoms with Crippen molar-refractivity contribution in [1.82, 2.24) is 4.57 Å². The van der Waals surface area contributed by atoms with Gasteiger partial charge in [-0.15, -0.1) is 0 Å². The lowest BCUT2D eigenvalue weighted by Gasteiger charge is -2.04. The number of hydrogen-bond acceptors (Lipinski definition) is 3. The van der Waals surface area contributed by atoms with Crippen LogP contribution in [0.3, 0.4) is 0 Å². The van der Waals surface area contributed by atoms with E-state index in [-0.39, 0.29) is 12.3 Å². The smallest absolute Gasteiger partial charge is 0.252 e. The molecule has 5 heteroatoms. The van der Waals surface area contributed by atoms with E-state index in [1.54, 1.807) is 18.4 Å². The summed E-state index contributed by atoms with van der Waals surface area (Å²) in [5.74, 6) is 0.609. The maximum absolute atomic E-state index is 12.4. The number of carbonyl (C=O) groups is 1. The average Bonchev–Trinajstić information content (AvgIpc) is 2.91. The van der Waals surface area contributed by atoms with Crippen LogP contribution in [0.25, 0.3) is 10.2 Å². The fourth-order valence-corrected chi connectivity index (χ4v) is 4.01. The molecule has 0 unspecified atom stereocenters. The highest BCUT2D eigenvalue weighted by molar-refractivity contribution is 7.16. The van der Waals surface area contributed by atoms with Crippen molar-refractivity contribution >= 4 is 27.5 Å². The molecule has 0 N–H and O–H groups in total. The molecular formula is C20H22N2O2S. The second kappa shape index (κ2) is 7.23. The summed E-state index contributed by atoms with van der Waals surface area (Å²) in [5, 5.41) is 0. The molecular weight excluding hydrogens is 332 g/mol. The molecule has 1 amide bonds. The van der Waals surface area contributed by atoms with Gasteiger partial charge in [0.2, 0.25) is 0 Å². The van der Waals surface area contributed by atoms with Crippen molar-refractivity contribution in [3.05, 3.63) is 57.9 Å². The monoisotopic (exact) mass is 354 g/mol. The highest BCUT2D eigenvalue weighted by Gasteiger charge is 2.09. The number of aryl methyl sites for hydroxylation is 3. The number of thiazole rings is 1. The lowest BCUT2D eigenvalue weighted by atomic mass is 10.1. The zero-order chi connectivity index (χ0) is 18.0. The normalized spacial score (nSPS) is 11.9. The van der Waals surface area contributed by atoms with E-state index in [1.165, 1.54) is 11.1 Å². The Kier molecular flexibility index (Phi) is 5.04. The van der Waals surface area contributed by atoms with Gasteiger partial charge in [0.25, 0.3) is 5.91 Å². The summed E-state index contributed by atoms with van der Waals surface area (Å²) in [6.45, 7) is 7.08. The highest BCUT2D eigenvalue weighted by Crippen LogP contribution is 2.22. The molecule has 3 aromatic rings. The van der Waals surface area contributed by atoms with E-state index in [4.69, 9.17) is 4.74 Å². The Morgan fingerprint density at radius 1 is 1.20 bits per heavy atom. The van der Waals surface area contributed by atoms with E-state index < -0.39 is 0 Å². The van der Waals surface area contributed by atoms with E-state index in [0.29, 0.717) is 0 Å². The molecule has 25 heavy (non-hydrogen) atoms. The minimum atomic E-state index is -0.143. The first-order valence-corrected chi connectivity index (χ1v) is 9.14. The number of amides is 1. The van der Waals surface area contributed by atoms with E-state index in [1.807, 2.05) is 24.3 Å². The van der Waals surface area contributed by atoms with Crippen LogP contribution >= 0.6 is 11.3 Å². The lowest BCUT2D eigenvalue weighted by molar-refractivity contribution is -0.117. The minimum Gasteiger partial charge on any atom is -0.497 e. The second-order valence-corrected chi connectivity index (χ2v) is 7.08. The first kappa shape index (κ1) is 17.4. The molecule has 2 aromatic carbocycles. The van der Waals surface area contributed by atoms with Gasteiger partial charge in [0.05, 0.1) is 23.7 Å². The number of fused-ring (bicyclic) bond motifs is 1. The number of rotatable bonds is 4. The van der Waals surface area contributed by atoms with Gasteiger partial charge in [-0.25, -0.2) is 0 Å². The number of ether oxygens (including phenoxy) is 1. The second-order valence-electron chi connectivity index (χ2n) is 6.07. The van der Waals surface area contributed by atoms with Crippen molar-refractivity contribution in [2.45, 2.75) is 33.7 Å². The van der Waals surface area contributed by atoms with Crippen molar-refractivity contribution in [2.75, 3.05) is 7.11 Å². The van der Waals surface area contributed by atoms with Gasteiger partial charge in [0.1, 0.15) is 5.75 Å². The molecule has 0 bridgehead atoms. The molecule has 0 spiro atoms. The molecule has 0 saturated carbocycles. The van der Waals surface area contributed by atoms with Crippen LogP contribution < -0.4 is 9.54 Å². The summed E-state index contributed by atoms with van der Waals surface area (Å²) in [6, 6.07) is 11.9. The number of carbonyl (C=O) groups excluding carboxylic acids is 1. The zero-order valence-corrected chi connectivity index (χ0v) is 15.8. The van der Waals surface area contributed by atoms with Gasteiger partial charge < -0.3 is 9.30 Å². The fraction of sp³-hybridized carbons (Fsp3) is 0.300. The van der Waals surface area contributed by atoms with E-state index in [2.05, 4.69) is 42.5 Å². The lowest BCUT2D eigenvalue weighted by Crippen LogP contribution is -2.16. The van der Waals surface area contributed by atoms with Crippen LogP contribution in [0.15, 0.2) is 41.4 Å². The average molecular weight is 354 g/mol. The van der Waals surface area contributed by atoms with Crippen LogP contribution in [0.2, 0.25) is 0 Å². The molecule has 0 aliphatic carbocycles. The predicted molar refractivity (Wildman–Crippen MR) is 102 cm³/mol. The number of benzene rings is 2. The van der Waals surface area contributed by atoms with Crippen molar-refractivity contribution in [2.24, 2.45) is 4.99 Å². The zero-order valence-electron chi connectivity index (χ0n) is 15.0. The third kappa shape index (κ3) is 3.66. The molecule has 3 rings (SSSR count). The van der Waals surface area contributed by atoms with Crippen LogP contribution in [-0.2, 0) is 17.8 Å². The Balaban J connectivity index is 1.98. The van der Waals surface area contributed by atoms with Gasteiger partial charge >= 0.3 is 0 Å². The number of nitrogens with zero attached hydrogens (tertiary/aromatic N) is 2. The van der Waals surface area contributed by atoms with Crippen LogP contribution in [0.4, 0.5) is 0 Å². The molecule has 0 atom stereocenters. The molecule has 0 aliphatic heterocycles. The summed E-state index contributed by atoms with van der Waals surface area (Å²) < 4.78 is 8.48. The van der Waals surface area contributed by atoms with Crippen LogP contribution in [-0.4, -0.2) is 17.6 Å².